The summed E-state index contributed by atoms with van der Waals surface area (Å²) in [6.07, 6.45) is -8.96. The van der Waals surface area contributed by atoms with E-state index in [1.165, 1.54) is 54.5 Å². The van der Waals surface area contributed by atoms with Crippen LogP contribution in [-0.4, -0.2) is 90.1 Å². The van der Waals surface area contributed by atoms with Crippen molar-refractivity contribution in [2.75, 3.05) is 58.4 Å². The molecule has 0 aliphatic carbocycles. The van der Waals surface area contributed by atoms with Gasteiger partial charge in [-0.1, -0.05) is 30.0 Å². The fraction of sp³-hybridized carbons (Fsp3) is 0.314. The molecule has 2 N–H and O–H groups in total. The van der Waals surface area contributed by atoms with Crippen molar-refractivity contribution >= 4 is 57.8 Å². The van der Waals surface area contributed by atoms with Gasteiger partial charge in [-0.05, 0) is 65.7 Å². The normalized spacial score (nSPS) is 16.3. The highest BCUT2D eigenvalue weighted by atomic mass is 32.2. The molecule has 2 fully saturated rings. The number of thiocarbonyl (C=S) groups is 1. The Morgan fingerprint density at radius 2 is 1.64 bits per heavy atom. The van der Waals surface area contributed by atoms with Crippen LogP contribution in [0.5, 0.6) is 11.5 Å². The average Bonchev–Trinajstić information content (AvgIpc) is 3.37. The molecule has 2 amide bonds. The third kappa shape index (κ3) is 10.1. The van der Waals surface area contributed by atoms with Gasteiger partial charge in [0.1, 0.15) is 22.4 Å². The number of carbonyl (C=O) groups is 3. The maximum atomic E-state index is 13.8. The van der Waals surface area contributed by atoms with Crippen LogP contribution in [-0.2, 0) is 26.7 Å². The molecular weight excluding hydrogens is 753 g/mol. The van der Waals surface area contributed by atoms with Crippen molar-refractivity contribution in [2.24, 2.45) is 0 Å². The van der Waals surface area contributed by atoms with Gasteiger partial charge in [-0.15, -0.1) is 0 Å². The fourth-order valence-electron chi connectivity index (χ4n) is 5.41. The number of hydrogen-bond acceptors (Lipinski definition) is 9. The number of halogens is 6. The number of morpholine rings is 1. The second-order valence-corrected chi connectivity index (χ2v) is 13.4. The van der Waals surface area contributed by atoms with E-state index in [9.17, 15) is 45.8 Å². The first kappa shape index (κ1) is 39.6. The molecule has 0 aromatic heterocycles. The highest BCUT2D eigenvalue weighted by Crippen LogP contribution is 2.42. The summed E-state index contributed by atoms with van der Waals surface area (Å²) in [4.78, 5) is 40.7. The van der Waals surface area contributed by atoms with Crippen molar-refractivity contribution in [3.8, 4) is 22.6 Å². The Hall–Kier alpha value is -4.65. The predicted molar refractivity (Wildman–Crippen MR) is 188 cm³/mol. The summed E-state index contributed by atoms with van der Waals surface area (Å²) in [7, 11) is 1.30. The largest absolute Gasteiger partial charge is 0.495 e. The third-order valence-electron chi connectivity index (χ3n) is 8.13. The van der Waals surface area contributed by atoms with Gasteiger partial charge in [0.2, 0.25) is 5.91 Å². The molecule has 0 atom stereocenters. The van der Waals surface area contributed by atoms with Crippen molar-refractivity contribution in [1.29, 1.82) is 0 Å². The number of carbonyl (C=O) groups excluding carboxylic acids is 2. The smallest absolute Gasteiger partial charge is 0.416 e. The topological polar surface area (TPSA) is 118 Å². The van der Waals surface area contributed by atoms with Crippen molar-refractivity contribution in [3.63, 3.8) is 0 Å². The summed E-state index contributed by atoms with van der Waals surface area (Å²) >= 11 is 6.28. The molecule has 0 unspecified atom stereocenters. The Kier molecular flexibility index (Phi) is 12.4. The summed E-state index contributed by atoms with van der Waals surface area (Å²) in [5.74, 6) is -2.13. The zero-order valence-electron chi connectivity index (χ0n) is 27.8. The highest BCUT2D eigenvalue weighted by molar-refractivity contribution is 8.26. The fourth-order valence-corrected chi connectivity index (χ4v) is 6.72. The molecule has 3 aromatic carbocycles. The number of rotatable bonds is 12. The number of aromatic carboxylic acids is 1. The maximum Gasteiger partial charge on any atom is 0.416 e. The molecule has 2 heterocycles. The molecule has 2 aliphatic heterocycles. The van der Waals surface area contributed by atoms with Gasteiger partial charge in [0.15, 0.2) is 0 Å². The first-order valence-electron chi connectivity index (χ1n) is 15.9. The lowest BCUT2D eigenvalue weighted by Gasteiger charge is -2.26. The summed E-state index contributed by atoms with van der Waals surface area (Å²) < 4.78 is 99.3. The summed E-state index contributed by atoms with van der Waals surface area (Å²) in [5.41, 5.74) is -3.02. The second-order valence-electron chi connectivity index (χ2n) is 11.7. The van der Waals surface area contributed by atoms with Crippen molar-refractivity contribution < 1.29 is 60.0 Å². The molecule has 10 nitrogen and oxygen atoms in total. The number of nitrogens with one attached hydrogen (secondary N) is 1. The Morgan fingerprint density at radius 3 is 2.26 bits per heavy atom. The van der Waals surface area contributed by atoms with Gasteiger partial charge in [0.25, 0.3) is 5.91 Å². The zero-order valence-corrected chi connectivity index (χ0v) is 29.4. The average molecular weight is 784 g/mol. The Labute approximate surface area is 308 Å². The number of amides is 2. The number of carboxylic acid groups (broad SMARTS) is 1. The maximum absolute atomic E-state index is 13.8. The minimum Gasteiger partial charge on any atom is -0.495 e. The molecule has 2 aliphatic rings. The standard InChI is InChI=1S/C35H31F6N3O7S2/c1-49-28-18-21(32(47)48)3-4-26(28)42-30(45)6-7-44-31(46)29(53-33(44)52)15-20-2-5-27(51-13-10-43-8-11-50-12-9-43)25(14-20)22-16-23(34(36,37)38)19-24(17-22)35(39,40)41/h2-5,14-19H,6-13H2,1H3,(H,42,45)(H,47,48)/b29-15-. The van der Waals surface area contributed by atoms with Gasteiger partial charge in [0.05, 0.1) is 47.6 Å². The van der Waals surface area contributed by atoms with Gasteiger partial charge in [-0.2, -0.15) is 26.3 Å². The van der Waals surface area contributed by atoms with E-state index in [0.717, 1.165) is 11.8 Å². The highest BCUT2D eigenvalue weighted by Gasteiger charge is 2.37. The van der Waals surface area contributed by atoms with Crippen LogP contribution in [0.4, 0.5) is 32.0 Å². The van der Waals surface area contributed by atoms with Crippen molar-refractivity contribution in [1.82, 2.24) is 9.80 Å². The lowest BCUT2D eigenvalue weighted by atomic mass is 9.96. The van der Waals surface area contributed by atoms with Gasteiger partial charge < -0.3 is 24.6 Å². The van der Waals surface area contributed by atoms with Gasteiger partial charge in [-0.25, -0.2) is 4.79 Å². The van der Waals surface area contributed by atoms with Crippen molar-refractivity contribution in [2.45, 2.75) is 18.8 Å². The lowest BCUT2D eigenvalue weighted by molar-refractivity contribution is -0.143. The number of carboxylic acids is 1. The number of thioether (sulfide) groups is 1. The van der Waals surface area contributed by atoms with Crippen LogP contribution < -0.4 is 14.8 Å². The van der Waals surface area contributed by atoms with Gasteiger partial charge in [0, 0.05) is 38.2 Å². The van der Waals surface area contributed by atoms with E-state index in [0.29, 0.717) is 45.0 Å². The van der Waals surface area contributed by atoms with Crippen LogP contribution in [0.2, 0.25) is 0 Å². The SMILES string of the molecule is COc1cc(C(=O)O)ccc1NC(=O)CCN1C(=O)/C(=C/c2ccc(OCCN3CCOCC3)c(-c3cc(C(F)(F)F)cc(C(F)(F)F)c3)c2)SC1=S. The Morgan fingerprint density at radius 1 is 0.962 bits per heavy atom. The quantitative estimate of drug-likeness (QED) is 0.113. The lowest BCUT2D eigenvalue weighted by Crippen LogP contribution is -2.38. The molecule has 0 bridgehead atoms. The summed E-state index contributed by atoms with van der Waals surface area (Å²) in [5, 5.41) is 11.8. The molecule has 53 heavy (non-hydrogen) atoms. The van der Waals surface area contributed by atoms with Crippen LogP contribution >= 0.6 is 24.0 Å². The van der Waals surface area contributed by atoms with E-state index in [2.05, 4.69) is 5.32 Å². The number of methoxy groups -OCH3 is 1. The number of alkyl halides is 6. The number of benzene rings is 3. The molecule has 282 valence electrons. The zero-order chi connectivity index (χ0) is 38.5. The van der Waals surface area contributed by atoms with Crippen LogP contribution in [0.25, 0.3) is 17.2 Å². The van der Waals surface area contributed by atoms with Crippen LogP contribution in [0.15, 0.2) is 59.5 Å². The minimum atomic E-state index is -5.08. The second kappa shape index (κ2) is 16.6. The van der Waals surface area contributed by atoms with Crippen LogP contribution in [0.3, 0.4) is 0 Å². The van der Waals surface area contributed by atoms with Crippen LogP contribution in [0.1, 0.15) is 33.5 Å². The summed E-state index contributed by atoms with van der Waals surface area (Å²) in [6.45, 7) is 2.70. The monoisotopic (exact) mass is 783 g/mol. The number of hydrogen-bond donors (Lipinski definition) is 2. The Balaban J connectivity index is 1.38. The van der Waals surface area contributed by atoms with Crippen LogP contribution in [0, 0.1) is 0 Å². The van der Waals surface area contributed by atoms with E-state index in [1.807, 2.05) is 4.90 Å². The molecule has 2 saturated heterocycles. The van der Waals surface area contributed by atoms with Gasteiger partial charge in [-0.3, -0.25) is 19.4 Å². The number of anilines is 1. The predicted octanol–water partition coefficient (Wildman–Crippen LogP) is 7.04. The molecule has 3 aromatic rings. The third-order valence-corrected chi connectivity index (χ3v) is 9.51. The number of ether oxygens (including phenoxy) is 3. The van der Waals surface area contributed by atoms with E-state index < -0.39 is 46.8 Å². The molecule has 18 heteroatoms. The van der Waals surface area contributed by atoms with Crippen molar-refractivity contribution in [3.05, 3.63) is 81.8 Å². The molecular formula is C35H31F6N3O7S2. The Bertz CT molecular complexity index is 1900. The molecule has 0 radical (unpaired) electrons. The first-order valence-corrected chi connectivity index (χ1v) is 17.1. The molecule has 0 saturated carbocycles. The van der Waals surface area contributed by atoms with E-state index in [1.54, 1.807) is 0 Å². The van der Waals surface area contributed by atoms with E-state index in [-0.39, 0.29) is 68.7 Å². The first-order chi connectivity index (χ1) is 25.0. The molecule has 5 rings (SSSR count). The molecule has 0 spiro atoms. The number of nitrogens with zero attached hydrogens (tertiary/aromatic N) is 2. The van der Waals surface area contributed by atoms with E-state index >= 15 is 0 Å². The minimum absolute atomic E-state index is 0.0376. The van der Waals surface area contributed by atoms with Gasteiger partial charge >= 0.3 is 18.3 Å². The summed E-state index contributed by atoms with van der Waals surface area (Å²) in [6, 6.07) is 9.42. The van der Waals surface area contributed by atoms with E-state index in [4.69, 9.17) is 26.4 Å².